The molecule has 0 heterocycles. The Morgan fingerprint density at radius 3 is 2.36 bits per heavy atom. The molecule has 0 aliphatic heterocycles. The number of benzene rings is 2. The Morgan fingerprint density at radius 2 is 1.73 bits per heavy atom. The lowest BCUT2D eigenvalue weighted by Gasteiger charge is -2.07. The fourth-order valence-electron chi connectivity index (χ4n) is 1.92. The highest BCUT2D eigenvalue weighted by Crippen LogP contribution is 2.11. The molecule has 2 rings (SSSR count). The van der Waals surface area contributed by atoms with Crippen molar-refractivity contribution >= 4 is 29.1 Å². The van der Waals surface area contributed by atoms with E-state index >= 15 is 0 Å². The third-order valence-electron chi connectivity index (χ3n) is 3.17. The van der Waals surface area contributed by atoms with Crippen molar-refractivity contribution in [2.24, 2.45) is 0 Å². The van der Waals surface area contributed by atoms with Crippen molar-refractivity contribution in [3.63, 3.8) is 0 Å². The summed E-state index contributed by atoms with van der Waals surface area (Å²) >= 11 is 5.86. The van der Waals surface area contributed by atoms with Gasteiger partial charge in [0.25, 0.3) is 0 Å². The van der Waals surface area contributed by atoms with Gasteiger partial charge in [-0.1, -0.05) is 42.8 Å². The fraction of sp³-hybridized carbons (Fsp3) is 0.176. The molecule has 0 aliphatic carbocycles. The van der Waals surface area contributed by atoms with Gasteiger partial charge in [-0.3, -0.25) is 9.59 Å². The number of anilines is 1. The summed E-state index contributed by atoms with van der Waals surface area (Å²) in [5, 5.41) is 5.71. The molecule has 2 amide bonds. The van der Waals surface area contributed by atoms with Gasteiger partial charge in [0.15, 0.2) is 0 Å². The van der Waals surface area contributed by atoms with E-state index in [0.29, 0.717) is 10.7 Å². The van der Waals surface area contributed by atoms with Gasteiger partial charge in [0.1, 0.15) is 0 Å². The van der Waals surface area contributed by atoms with Crippen LogP contribution in [0.2, 0.25) is 5.02 Å². The first-order valence-corrected chi connectivity index (χ1v) is 7.39. The topological polar surface area (TPSA) is 58.2 Å². The van der Waals surface area contributed by atoms with Crippen molar-refractivity contribution in [1.82, 2.24) is 5.32 Å². The van der Waals surface area contributed by atoms with Gasteiger partial charge in [-0.05, 0) is 41.8 Å². The van der Waals surface area contributed by atoms with Crippen LogP contribution in [0.5, 0.6) is 0 Å². The molecule has 2 N–H and O–H groups in total. The first-order valence-electron chi connectivity index (χ1n) is 7.01. The molecule has 0 unspecified atom stereocenters. The van der Waals surface area contributed by atoms with E-state index in [-0.39, 0.29) is 6.54 Å². The largest absolute Gasteiger partial charge is 0.344 e. The van der Waals surface area contributed by atoms with Crippen LogP contribution in [0, 0.1) is 0 Å². The lowest BCUT2D eigenvalue weighted by molar-refractivity contribution is -0.136. The molecule has 0 atom stereocenters. The van der Waals surface area contributed by atoms with E-state index in [1.807, 2.05) is 18.2 Å². The van der Waals surface area contributed by atoms with Crippen molar-refractivity contribution in [3.05, 3.63) is 64.7 Å². The van der Waals surface area contributed by atoms with Crippen LogP contribution in [0.1, 0.15) is 18.1 Å². The molecular weight excluding hydrogens is 300 g/mol. The van der Waals surface area contributed by atoms with Crippen LogP contribution in [0.15, 0.2) is 48.5 Å². The average Bonchev–Trinajstić information content (AvgIpc) is 2.53. The van der Waals surface area contributed by atoms with Crippen molar-refractivity contribution in [2.75, 3.05) is 5.32 Å². The number of rotatable bonds is 4. The Hall–Kier alpha value is -2.33. The van der Waals surface area contributed by atoms with Crippen LogP contribution in [-0.4, -0.2) is 11.8 Å². The maximum absolute atomic E-state index is 11.8. The second-order valence-corrected chi connectivity index (χ2v) is 5.25. The van der Waals surface area contributed by atoms with Gasteiger partial charge < -0.3 is 10.6 Å². The molecule has 4 nitrogen and oxygen atoms in total. The van der Waals surface area contributed by atoms with Crippen molar-refractivity contribution < 1.29 is 9.59 Å². The molecule has 0 saturated carbocycles. The average molecular weight is 317 g/mol. The van der Waals surface area contributed by atoms with E-state index in [2.05, 4.69) is 17.6 Å². The van der Waals surface area contributed by atoms with Gasteiger partial charge in [-0.25, -0.2) is 0 Å². The summed E-state index contributed by atoms with van der Waals surface area (Å²) in [6.07, 6.45) is 0.925. The lowest BCUT2D eigenvalue weighted by atomic mass is 10.1. The van der Waals surface area contributed by atoms with Crippen LogP contribution in [0.4, 0.5) is 5.69 Å². The summed E-state index contributed by atoms with van der Waals surface area (Å²) in [5.74, 6) is -1.37. The van der Waals surface area contributed by atoms with Crippen LogP contribution < -0.4 is 10.6 Å². The smallest absolute Gasteiger partial charge is 0.313 e. The normalized spacial score (nSPS) is 10.1. The standard InChI is InChI=1S/C17H17ClN2O2/c1-2-12-6-8-15(9-7-12)20-17(22)16(21)19-11-13-4-3-5-14(18)10-13/h3-10H,2,11H2,1H3,(H,19,21)(H,20,22). The molecule has 2 aromatic carbocycles. The predicted octanol–water partition coefficient (Wildman–Crippen LogP) is 3.16. The summed E-state index contributed by atoms with van der Waals surface area (Å²) in [4.78, 5) is 23.6. The molecule has 22 heavy (non-hydrogen) atoms. The first-order chi connectivity index (χ1) is 10.6. The highest BCUT2D eigenvalue weighted by Gasteiger charge is 2.13. The third-order valence-corrected chi connectivity index (χ3v) is 3.40. The molecule has 5 heteroatoms. The van der Waals surface area contributed by atoms with Gasteiger partial charge in [-0.15, -0.1) is 0 Å². The Labute approximate surface area is 134 Å². The Bertz CT molecular complexity index is 669. The molecule has 0 saturated heterocycles. The highest BCUT2D eigenvalue weighted by molar-refractivity contribution is 6.39. The zero-order valence-corrected chi connectivity index (χ0v) is 13.0. The maximum Gasteiger partial charge on any atom is 0.313 e. The Morgan fingerprint density at radius 1 is 1.00 bits per heavy atom. The van der Waals surface area contributed by atoms with Gasteiger partial charge in [0.2, 0.25) is 0 Å². The zero-order chi connectivity index (χ0) is 15.9. The SMILES string of the molecule is CCc1ccc(NC(=O)C(=O)NCc2cccc(Cl)c2)cc1. The fourth-order valence-corrected chi connectivity index (χ4v) is 2.13. The number of halogens is 1. The zero-order valence-electron chi connectivity index (χ0n) is 12.2. The summed E-state index contributed by atoms with van der Waals surface area (Å²) in [7, 11) is 0. The van der Waals surface area contributed by atoms with E-state index in [9.17, 15) is 9.59 Å². The molecule has 0 fully saturated rings. The number of amides is 2. The summed E-state index contributed by atoms with van der Waals surface area (Å²) < 4.78 is 0. The highest BCUT2D eigenvalue weighted by atomic mass is 35.5. The van der Waals surface area contributed by atoms with E-state index in [0.717, 1.165) is 12.0 Å². The monoisotopic (exact) mass is 316 g/mol. The number of hydrogen-bond acceptors (Lipinski definition) is 2. The minimum absolute atomic E-state index is 0.252. The lowest BCUT2D eigenvalue weighted by Crippen LogP contribution is -2.34. The second-order valence-electron chi connectivity index (χ2n) is 4.82. The van der Waals surface area contributed by atoms with E-state index in [4.69, 9.17) is 11.6 Å². The molecule has 0 aromatic heterocycles. The molecule has 0 aliphatic rings. The van der Waals surface area contributed by atoms with Gasteiger partial charge in [0, 0.05) is 17.3 Å². The van der Waals surface area contributed by atoms with E-state index in [1.54, 1.807) is 30.3 Å². The number of nitrogens with one attached hydrogen (secondary N) is 2. The summed E-state index contributed by atoms with van der Waals surface area (Å²) in [6.45, 7) is 2.30. The third kappa shape index (κ3) is 4.60. The van der Waals surface area contributed by atoms with Crippen LogP contribution in [0.3, 0.4) is 0 Å². The van der Waals surface area contributed by atoms with Crippen molar-refractivity contribution in [1.29, 1.82) is 0 Å². The van der Waals surface area contributed by atoms with Crippen LogP contribution >= 0.6 is 11.6 Å². The van der Waals surface area contributed by atoms with Crippen LogP contribution in [0.25, 0.3) is 0 Å². The predicted molar refractivity (Wildman–Crippen MR) is 87.7 cm³/mol. The molecule has 0 spiro atoms. The number of carbonyl (C=O) groups is 2. The van der Waals surface area contributed by atoms with Gasteiger partial charge in [0.05, 0.1) is 0 Å². The van der Waals surface area contributed by atoms with Crippen molar-refractivity contribution in [2.45, 2.75) is 19.9 Å². The molecule has 0 radical (unpaired) electrons. The molecule has 0 bridgehead atoms. The molecular formula is C17H17ClN2O2. The minimum atomic E-state index is -0.689. The van der Waals surface area contributed by atoms with E-state index in [1.165, 1.54) is 5.56 Å². The summed E-state index contributed by atoms with van der Waals surface area (Å²) in [5.41, 5.74) is 2.60. The Kier molecular flexibility index (Phi) is 5.55. The quantitative estimate of drug-likeness (QED) is 0.851. The van der Waals surface area contributed by atoms with Gasteiger partial charge >= 0.3 is 11.8 Å². The maximum atomic E-state index is 11.8. The van der Waals surface area contributed by atoms with Gasteiger partial charge in [-0.2, -0.15) is 0 Å². The minimum Gasteiger partial charge on any atom is -0.344 e. The van der Waals surface area contributed by atoms with Crippen LogP contribution in [-0.2, 0) is 22.6 Å². The first kappa shape index (κ1) is 16.0. The van der Waals surface area contributed by atoms with E-state index < -0.39 is 11.8 Å². The summed E-state index contributed by atoms with van der Waals surface area (Å²) in [6, 6.07) is 14.5. The van der Waals surface area contributed by atoms with Crippen molar-refractivity contribution in [3.8, 4) is 0 Å². The second kappa shape index (κ2) is 7.61. The molecule has 114 valence electrons. The number of aryl methyl sites for hydroxylation is 1. The number of carbonyl (C=O) groups excluding carboxylic acids is 2. The number of hydrogen-bond donors (Lipinski definition) is 2. The Balaban J connectivity index is 1.87. The molecule has 2 aromatic rings.